The van der Waals surface area contributed by atoms with Gasteiger partial charge in [0, 0.05) is 12.1 Å². The molecule has 0 spiro atoms. The number of halogens is 2. The van der Waals surface area contributed by atoms with E-state index in [1.807, 2.05) is 0 Å². The molecule has 0 aliphatic rings. The number of aliphatic carboxylic acids is 1. The van der Waals surface area contributed by atoms with Crippen LogP contribution in [0.25, 0.3) is 0 Å². The van der Waals surface area contributed by atoms with Crippen molar-refractivity contribution >= 4 is 46.7 Å². The number of aromatic nitrogens is 1. The van der Waals surface area contributed by atoms with Crippen molar-refractivity contribution in [2.75, 3.05) is 5.32 Å². The number of rotatable bonds is 7. The van der Waals surface area contributed by atoms with Crippen LogP contribution in [0, 0.1) is 13.8 Å². The third-order valence-electron chi connectivity index (χ3n) is 4.71. The van der Waals surface area contributed by atoms with Crippen LogP contribution >= 0.6 is 23.2 Å². The van der Waals surface area contributed by atoms with E-state index in [0.29, 0.717) is 22.7 Å². The van der Waals surface area contributed by atoms with Crippen molar-refractivity contribution in [2.45, 2.75) is 26.3 Å². The minimum Gasteiger partial charge on any atom is -0.480 e. The first-order chi connectivity index (χ1) is 15.2. The molecule has 3 rings (SSSR count). The quantitative estimate of drug-likeness (QED) is 0.468. The minimum atomic E-state index is -1.18. The molecule has 0 fully saturated rings. The van der Waals surface area contributed by atoms with Crippen molar-refractivity contribution in [3.05, 3.63) is 80.7 Å². The predicted molar refractivity (Wildman–Crippen MR) is 119 cm³/mol. The van der Waals surface area contributed by atoms with Crippen LogP contribution in [0.15, 0.2) is 47.0 Å². The average Bonchev–Trinajstić information content (AvgIpc) is 3.06. The normalized spacial score (nSPS) is 11.6. The van der Waals surface area contributed by atoms with Gasteiger partial charge in [0.05, 0.1) is 21.3 Å². The van der Waals surface area contributed by atoms with Crippen LogP contribution in [-0.4, -0.2) is 34.1 Å². The van der Waals surface area contributed by atoms with Gasteiger partial charge in [-0.2, -0.15) is 0 Å². The Hall–Kier alpha value is -3.36. The lowest BCUT2D eigenvalue weighted by Gasteiger charge is -2.15. The number of aryl methyl sites for hydroxylation is 2. The smallest absolute Gasteiger partial charge is 0.326 e. The van der Waals surface area contributed by atoms with Crippen LogP contribution in [0.5, 0.6) is 0 Å². The zero-order valence-electron chi connectivity index (χ0n) is 17.1. The first-order valence-electron chi connectivity index (χ1n) is 9.48. The lowest BCUT2D eigenvalue weighted by molar-refractivity contribution is -0.139. The summed E-state index contributed by atoms with van der Waals surface area (Å²) in [6, 6.07) is 10.1. The Morgan fingerprint density at radius 2 is 1.62 bits per heavy atom. The van der Waals surface area contributed by atoms with Gasteiger partial charge in [0.25, 0.3) is 11.8 Å². The zero-order valence-corrected chi connectivity index (χ0v) is 18.6. The average molecular weight is 476 g/mol. The number of nitrogens with zero attached hydrogens (tertiary/aromatic N) is 1. The monoisotopic (exact) mass is 475 g/mol. The summed E-state index contributed by atoms with van der Waals surface area (Å²) in [4.78, 5) is 36.6. The molecule has 3 aromatic rings. The molecule has 32 heavy (non-hydrogen) atoms. The molecule has 0 saturated carbocycles. The van der Waals surface area contributed by atoms with Crippen LogP contribution in [0.2, 0.25) is 10.0 Å². The second-order valence-corrected chi connectivity index (χ2v) is 7.83. The Balaban J connectivity index is 1.68. The predicted octanol–water partition coefficient (Wildman–Crippen LogP) is 4.28. The van der Waals surface area contributed by atoms with Gasteiger partial charge < -0.3 is 20.3 Å². The highest BCUT2D eigenvalue weighted by molar-refractivity contribution is 6.40. The number of carboxylic acids is 1. The molecule has 1 aromatic heterocycles. The largest absolute Gasteiger partial charge is 0.480 e. The number of carboxylic acid groups (broad SMARTS) is 1. The molecule has 166 valence electrons. The van der Waals surface area contributed by atoms with E-state index in [-0.39, 0.29) is 27.6 Å². The zero-order chi connectivity index (χ0) is 23.4. The molecule has 3 N–H and O–H groups in total. The Morgan fingerprint density at radius 1 is 1.00 bits per heavy atom. The summed E-state index contributed by atoms with van der Waals surface area (Å²) in [6.07, 6.45) is 0.0367. The van der Waals surface area contributed by atoms with E-state index in [9.17, 15) is 19.5 Å². The van der Waals surface area contributed by atoms with Gasteiger partial charge in [-0.1, -0.05) is 46.6 Å². The van der Waals surface area contributed by atoms with E-state index in [2.05, 4.69) is 15.8 Å². The molecular formula is C22H19Cl2N3O5. The van der Waals surface area contributed by atoms with Crippen molar-refractivity contribution in [3.63, 3.8) is 0 Å². The molecule has 0 saturated heterocycles. The fraction of sp³-hybridized carbons (Fsp3) is 0.182. The number of benzene rings is 2. The third-order valence-corrected chi connectivity index (χ3v) is 5.34. The van der Waals surface area contributed by atoms with E-state index in [1.165, 1.54) is 0 Å². The van der Waals surface area contributed by atoms with Crippen molar-refractivity contribution in [2.24, 2.45) is 0 Å². The number of anilines is 1. The first kappa shape index (κ1) is 23.3. The van der Waals surface area contributed by atoms with E-state index >= 15 is 0 Å². The fourth-order valence-corrected chi connectivity index (χ4v) is 3.67. The Labute approximate surface area is 193 Å². The highest BCUT2D eigenvalue weighted by Crippen LogP contribution is 2.25. The molecule has 10 heteroatoms. The molecule has 2 amide bonds. The molecular weight excluding hydrogens is 457 g/mol. The van der Waals surface area contributed by atoms with Crippen LogP contribution in [0.1, 0.15) is 37.7 Å². The number of carbonyl (C=O) groups excluding carboxylic acids is 2. The lowest BCUT2D eigenvalue weighted by atomic mass is 10.0. The summed E-state index contributed by atoms with van der Waals surface area (Å²) in [7, 11) is 0. The second-order valence-electron chi connectivity index (χ2n) is 7.02. The van der Waals surface area contributed by atoms with Gasteiger partial charge in [0.1, 0.15) is 17.4 Å². The summed E-state index contributed by atoms with van der Waals surface area (Å²) >= 11 is 12.1. The van der Waals surface area contributed by atoms with E-state index < -0.39 is 23.8 Å². The fourth-order valence-electron chi connectivity index (χ4n) is 3.11. The van der Waals surface area contributed by atoms with Crippen molar-refractivity contribution < 1.29 is 24.0 Å². The number of hydrogen-bond donors (Lipinski definition) is 3. The van der Waals surface area contributed by atoms with Crippen LogP contribution in [0.4, 0.5) is 5.69 Å². The first-order valence-corrected chi connectivity index (χ1v) is 10.2. The van der Waals surface area contributed by atoms with E-state index in [0.717, 1.165) is 0 Å². The van der Waals surface area contributed by atoms with Gasteiger partial charge >= 0.3 is 5.97 Å². The summed E-state index contributed by atoms with van der Waals surface area (Å²) in [5.74, 6) is -1.92. The molecule has 1 unspecified atom stereocenters. The van der Waals surface area contributed by atoms with Gasteiger partial charge in [-0.15, -0.1) is 0 Å². The molecule has 1 heterocycles. The SMILES string of the molecule is Cc1noc(C)c1C(=O)NC(Cc1ccc(NC(=O)c2c(Cl)cccc2Cl)cc1)C(=O)O. The van der Waals surface area contributed by atoms with Crippen molar-refractivity contribution in [1.29, 1.82) is 0 Å². The maximum Gasteiger partial charge on any atom is 0.326 e. The molecule has 0 radical (unpaired) electrons. The Bertz CT molecular complexity index is 1140. The number of amides is 2. The van der Waals surface area contributed by atoms with Gasteiger partial charge in [-0.3, -0.25) is 9.59 Å². The number of carbonyl (C=O) groups is 3. The maximum absolute atomic E-state index is 12.5. The minimum absolute atomic E-state index is 0.0367. The van der Waals surface area contributed by atoms with Crippen LogP contribution in [-0.2, 0) is 11.2 Å². The van der Waals surface area contributed by atoms with Crippen LogP contribution < -0.4 is 10.6 Å². The molecule has 0 aliphatic heterocycles. The number of nitrogens with one attached hydrogen (secondary N) is 2. The summed E-state index contributed by atoms with van der Waals surface area (Å²) < 4.78 is 4.96. The molecule has 2 aromatic carbocycles. The maximum atomic E-state index is 12.5. The second kappa shape index (κ2) is 9.84. The summed E-state index contributed by atoms with van der Waals surface area (Å²) in [5, 5.41) is 18.9. The van der Waals surface area contributed by atoms with E-state index in [4.69, 9.17) is 27.7 Å². The standard InChI is InChI=1S/C22H19Cl2N3O5/c1-11-18(12(2)32-27-11)20(28)26-17(22(30)31)10-13-6-8-14(9-7-13)25-21(29)19-15(23)4-3-5-16(19)24/h3-9,17H,10H2,1-2H3,(H,25,29)(H,26,28)(H,30,31). The Morgan fingerprint density at radius 3 is 2.16 bits per heavy atom. The van der Waals surface area contributed by atoms with Crippen LogP contribution in [0.3, 0.4) is 0 Å². The summed E-state index contributed by atoms with van der Waals surface area (Å²) in [5.41, 5.74) is 1.87. The molecule has 0 aliphatic carbocycles. The Kier molecular flexibility index (Phi) is 7.17. The molecule has 0 bridgehead atoms. The van der Waals surface area contributed by atoms with Gasteiger partial charge in [-0.05, 0) is 43.7 Å². The highest BCUT2D eigenvalue weighted by Gasteiger charge is 2.25. The highest BCUT2D eigenvalue weighted by atomic mass is 35.5. The van der Waals surface area contributed by atoms with Gasteiger partial charge in [0.15, 0.2) is 0 Å². The van der Waals surface area contributed by atoms with E-state index in [1.54, 1.807) is 56.3 Å². The topological polar surface area (TPSA) is 122 Å². The van der Waals surface area contributed by atoms with Gasteiger partial charge in [0.2, 0.25) is 0 Å². The number of hydrogen-bond acceptors (Lipinski definition) is 5. The molecule has 8 nitrogen and oxygen atoms in total. The molecule has 1 atom stereocenters. The lowest BCUT2D eigenvalue weighted by Crippen LogP contribution is -2.42. The third kappa shape index (κ3) is 5.27. The van der Waals surface area contributed by atoms with Crippen molar-refractivity contribution in [3.8, 4) is 0 Å². The summed E-state index contributed by atoms with van der Waals surface area (Å²) in [6.45, 7) is 3.18. The van der Waals surface area contributed by atoms with Crippen molar-refractivity contribution in [1.82, 2.24) is 10.5 Å². The van der Waals surface area contributed by atoms with Gasteiger partial charge in [-0.25, -0.2) is 4.79 Å².